The van der Waals surface area contributed by atoms with Crippen LogP contribution in [0.25, 0.3) is 0 Å². The number of para-hydroxylation sites is 2. The highest BCUT2D eigenvalue weighted by Crippen LogP contribution is 2.37. The highest BCUT2D eigenvalue weighted by molar-refractivity contribution is 7.20. The zero-order valence-electron chi connectivity index (χ0n) is 12.3. The monoisotopic (exact) mass is 343 g/mol. The summed E-state index contributed by atoms with van der Waals surface area (Å²) in [5, 5.41) is 3.44. The molecule has 2 nitrogen and oxygen atoms in total. The summed E-state index contributed by atoms with van der Waals surface area (Å²) in [5.74, 6) is 1.34. The van der Waals surface area contributed by atoms with Crippen molar-refractivity contribution in [3.63, 3.8) is 0 Å². The summed E-state index contributed by atoms with van der Waals surface area (Å²) < 4.78 is 7.28. The van der Waals surface area contributed by atoms with E-state index in [9.17, 15) is 0 Å². The van der Waals surface area contributed by atoms with Crippen LogP contribution in [0.2, 0.25) is 8.67 Å². The van der Waals surface area contributed by atoms with Crippen LogP contribution in [0.1, 0.15) is 32.4 Å². The Labute approximate surface area is 140 Å². The Morgan fingerprint density at radius 3 is 2.52 bits per heavy atom. The molecule has 1 aromatic carbocycles. The number of halogens is 2. The van der Waals surface area contributed by atoms with Gasteiger partial charge in [0.1, 0.15) is 5.75 Å². The second-order valence-electron chi connectivity index (χ2n) is 5.35. The van der Waals surface area contributed by atoms with Crippen molar-refractivity contribution >= 4 is 40.2 Å². The molecular formula is C16H19Cl2NOS. The fraction of sp³-hybridized carbons (Fsp3) is 0.375. The van der Waals surface area contributed by atoms with Gasteiger partial charge in [0.25, 0.3) is 0 Å². The summed E-state index contributed by atoms with van der Waals surface area (Å²) in [6.45, 7) is 7.01. The van der Waals surface area contributed by atoms with E-state index in [-0.39, 0.29) is 6.04 Å². The summed E-state index contributed by atoms with van der Waals surface area (Å²) in [6, 6.07) is 9.90. The van der Waals surface area contributed by atoms with E-state index in [1.807, 2.05) is 30.3 Å². The molecule has 0 fully saturated rings. The molecule has 0 aliphatic rings. The molecule has 2 aromatic rings. The van der Waals surface area contributed by atoms with Crippen molar-refractivity contribution in [2.24, 2.45) is 5.92 Å². The molecule has 0 spiro atoms. The van der Waals surface area contributed by atoms with Crippen LogP contribution in [0.15, 0.2) is 30.3 Å². The maximum Gasteiger partial charge on any atom is 0.142 e. The van der Waals surface area contributed by atoms with Gasteiger partial charge in [0, 0.05) is 5.56 Å². The van der Waals surface area contributed by atoms with Crippen molar-refractivity contribution in [3.05, 3.63) is 44.6 Å². The molecule has 0 saturated carbocycles. The second-order valence-corrected chi connectivity index (χ2v) is 7.63. The van der Waals surface area contributed by atoms with Gasteiger partial charge in [-0.3, -0.25) is 0 Å². The van der Waals surface area contributed by atoms with Gasteiger partial charge in [-0.1, -0.05) is 49.2 Å². The normalized spacial score (nSPS) is 12.5. The number of hydrogen-bond acceptors (Lipinski definition) is 3. The van der Waals surface area contributed by atoms with Gasteiger partial charge in [-0.15, -0.1) is 11.3 Å². The zero-order valence-corrected chi connectivity index (χ0v) is 14.6. The van der Waals surface area contributed by atoms with Crippen molar-refractivity contribution in [1.29, 1.82) is 0 Å². The minimum Gasteiger partial charge on any atom is -0.491 e. The maximum absolute atomic E-state index is 6.21. The van der Waals surface area contributed by atoms with Crippen molar-refractivity contribution in [2.75, 3.05) is 11.9 Å². The van der Waals surface area contributed by atoms with E-state index in [0.29, 0.717) is 16.9 Å². The first-order valence-electron chi connectivity index (χ1n) is 6.90. The van der Waals surface area contributed by atoms with Crippen molar-refractivity contribution in [2.45, 2.75) is 26.8 Å². The van der Waals surface area contributed by atoms with Gasteiger partial charge >= 0.3 is 0 Å². The molecule has 0 bridgehead atoms. The predicted molar refractivity (Wildman–Crippen MR) is 93.2 cm³/mol. The number of hydrogen-bond donors (Lipinski definition) is 1. The Kier molecular flexibility index (Phi) is 5.80. The first kappa shape index (κ1) is 16.5. The van der Waals surface area contributed by atoms with Gasteiger partial charge in [0.15, 0.2) is 0 Å². The van der Waals surface area contributed by atoms with E-state index in [4.69, 9.17) is 27.9 Å². The van der Waals surface area contributed by atoms with Crippen LogP contribution >= 0.6 is 34.5 Å². The Hall–Kier alpha value is -0.900. The second kappa shape index (κ2) is 7.39. The molecule has 0 radical (unpaired) electrons. The Morgan fingerprint density at radius 1 is 1.19 bits per heavy atom. The van der Waals surface area contributed by atoms with Gasteiger partial charge in [-0.2, -0.15) is 0 Å². The van der Waals surface area contributed by atoms with Gasteiger partial charge in [-0.05, 0) is 31.0 Å². The van der Waals surface area contributed by atoms with E-state index in [0.717, 1.165) is 21.3 Å². The number of rotatable bonds is 6. The Balaban J connectivity index is 2.13. The zero-order chi connectivity index (χ0) is 15.4. The van der Waals surface area contributed by atoms with Crippen LogP contribution in [0, 0.1) is 5.92 Å². The molecule has 0 aliphatic heterocycles. The lowest BCUT2D eigenvalue weighted by molar-refractivity contribution is 0.272. The third-order valence-corrected chi connectivity index (χ3v) is 4.50. The SMILES string of the molecule is CC(C)COc1ccccc1NC(C)c1cc(Cl)sc1Cl. The van der Waals surface area contributed by atoms with Gasteiger partial charge in [-0.25, -0.2) is 0 Å². The quantitative estimate of drug-likeness (QED) is 0.667. The molecule has 0 aliphatic carbocycles. The summed E-state index contributed by atoms with van der Waals surface area (Å²) in [4.78, 5) is 0. The third kappa shape index (κ3) is 4.53. The topological polar surface area (TPSA) is 21.3 Å². The number of ether oxygens (including phenoxy) is 1. The summed E-state index contributed by atoms with van der Waals surface area (Å²) in [6.07, 6.45) is 0. The summed E-state index contributed by atoms with van der Waals surface area (Å²) >= 11 is 13.6. The smallest absolute Gasteiger partial charge is 0.142 e. The average Bonchev–Trinajstić information content (AvgIpc) is 2.76. The number of nitrogens with one attached hydrogen (secondary N) is 1. The number of anilines is 1. The number of benzene rings is 1. The van der Waals surface area contributed by atoms with Crippen LogP contribution in [-0.2, 0) is 0 Å². The molecule has 5 heteroatoms. The van der Waals surface area contributed by atoms with Crippen molar-refractivity contribution < 1.29 is 4.74 Å². The van der Waals surface area contributed by atoms with E-state index in [1.54, 1.807) is 0 Å². The minimum atomic E-state index is 0.0602. The Bertz CT molecular complexity index is 598. The number of thiophene rings is 1. The molecule has 0 saturated heterocycles. The first-order valence-corrected chi connectivity index (χ1v) is 8.47. The van der Waals surface area contributed by atoms with Crippen LogP contribution in [0.5, 0.6) is 5.75 Å². The van der Waals surface area contributed by atoms with Crippen LogP contribution in [-0.4, -0.2) is 6.61 Å². The molecule has 2 rings (SSSR count). The molecule has 114 valence electrons. The van der Waals surface area contributed by atoms with Crippen molar-refractivity contribution in [1.82, 2.24) is 0 Å². The van der Waals surface area contributed by atoms with E-state index < -0.39 is 0 Å². The minimum absolute atomic E-state index is 0.0602. The molecule has 0 amide bonds. The average molecular weight is 344 g/mol. The van der Waals surface area contributed by atoms with E-state index >= 15 is 0 Å². The largest absolute Gasteiger partial charge is 0.491 e. The van der Waals surface area contributed by atoms with Gasteiger partial charge in [0.2, 0.25) is 0 Å². The van der Waals surface area contributed by atoms with Crippen LogP contribution in [0.3, 0.4) is 0 Å². The lowest BCUT2D eigenvalue weighted by Crippen LogP contribution is -2.10. The lowest BCUT2D eigenvalue weighted by Gasteiger charge is -2.18. The molecule has 1 N–H and O–H groups in total. The van der Waals surface area contributed by atoms with Crippen molar-refractivity contribution in [3.8, 4) is 5.75 Å². The fourth-order valence-corrected chi connectivity index (χ4v) is 3.57. The molecule has 1 aromatic heterocycles. The van der Waals surface area contributed by atoms with Crippen LogP contribution < -0.4 is 10.1 Å². The van der Waals surface area contributed by atoms with E-state index in [2.05, 4.69) is 26.1 Å². The first-order chi connectivity index (χ1) is 9.97. The van der Waals surface area contributed by atoms with E-state index in [1.165, 1.54) is 11.3 Å². The highest BCUT2D eigenvalue weighted by Gasteiger charge is 2.15. The van der Waals surface area contributed by atoms with Crippen LogP contribution in [0.4, 0.5) is 5.69 Å². The maximum atomic E-state index is 6.21. The van der Waals surface area contributed by atoms with Gasteiger partial charge < -0.3 is 10.1 Å². The summed E-state index contributed by atoms with van der Waals surface area (Å²) in [7, 11) is 0. The molecule has 1 heterocycles. The standard InChI is InChI=1S/C16H19Cl2NOS/c1-10(2)9-20-14-7-5-4-6-13(14)19-11(3)12-8-15(17)21-16(12)18/h4-8,10-11,19H,9H2,1-3H3. The molecular weight excluding hydrogens is 325 g/mol. The highest BCUT2D eigenvalue weighted by atomic mass is 35.5. The molecule has 1 unspecified atom stereocenters. The lowest BCUT2D eigenvalue weighted by atomic mass is 10.1. The predicted octanol–water partition coefficient (Wildman–Crippen LogP) is 6.26. The fourth-order valence-electron chi connectivity index (χ4n) is 1.93. The molecule has 1 atom stereocenters. The van der Waals surface area contributed by atoms with Gasteiger partial charge in [0.05, 0.1) is 27.0 Å². The Morgan fingerprint density at radius 2 is 1.90 bits per heavy atom. The molecule has 21 heavy (non-hydrogen) atoms. The third-order valence-electron chi connectivity index (χ3n) is 2.98. The summed E-state index contributed by atoms with van der Waals surface area (Å²) in [5.41, 5.74) is 1.97.